The number of aryl methyl sites for hydroxylation is 1. The zero-order valence-electron chi connectivity index (χ0n) is 14.4. The molecular formula is C17H22N2O3S2. The van der Waals surface area contributed by atoms with Gasteiger partial charge >= 0.3 is 5.97 Å². The first-order chi connectivity index (χ1) is 11.4. The predicted molar refractivity (Wildman–Crippen MR) is 100 cm³/mol. The van der Waals surface area contributed by atoms with Gasteiger partial charge in [0.2, 0.25) is 0 Å². The summed E-state index contributed by atoms with van der Waals surface area (Å²) in [6.07, 6.45) is 1.81. The van der Waals surface area contributed by atoms with E-state index in [4.69, 9.17) is 4.74 Å². The Bertz CT molecular complexity index is 677. The van der Waals surface area contributed by atoms with E-state index in [1.54, 1.807) is 23.2 Å². The summed E-state index contributed by atoms with van der Waals surface area (Å²) in [6.45, 7) is 8.82. The average Bonchev–Trinajstić information content (AvgIpc) is 3.04. The van der Waals surface area contributed by atoms with Gasteiger partial charge in [-0.1, -0.05) is 25.6 Å². The van der Waals surface area contributed by atoms with E-state index in [-0.39, 0.29) is 17.6 Å². The molecule has 24 heavy (non-hydrogen) atoms. The van der Waals surface area contributed by atoms with Gasteiger partial charge in [0.05, 0.1) is 12.4 Å². The Morgan fingerprint density at radius 3 is 2.79 bits per heavy atom. The molecule has 0 radical (unpaired) electrons. The number of thioether (sulfide) groups is 1. The summed E-state index contributed by atoms with van der Waals surface area (Å²) < 4.78 is 4.94. The molecule has 130 valence electrons. The Morgan fingerprint density at radius 1 is 1.46 bits per heavy atom. The number of aliphatic imine (C=N–C) groups is 1. The lowest BCUT2D eigenvalue weighted by atomic mass is 10.2. The summed E-state index contributed by atoms with van der Waals surface area (Å²) in [5.41, 5.74) is 0.420. The molecule has 5 nitrogen and oxygen atoms in total. The third-order valence-electron chi connectivity index (χ3n) is 3.12. The number of ether oxygens (including phenoxy) is 1. The number of rotatable bonds is 6. The average molecular weight is 367 g/mol. The van der Waals surface area contributed by atoms with Crippen LogP contribution in [-0.4, -0.2) is 40.8 Å². The number of amidine groups is 1. The highest BCUT2D eigenvalue weighted by Gasteiger charge is 2.31. The molecule has 0 spiro atoms. The molecule has 1 amide bonds. The monoisotopic (exact) mass is 366 g/mol. The summed E-state index contributed by atoms with van der Waals surface area (Å²) in [5.74, 6) is 0.0557. The first-order valence-electron chi connectivity index (χ1n) is 7.87. The zero-order valence-corrected chi connectivity index (χ0v) is 16.0. The molecular weight excluding hydrogens is 344 g/mol. The van der Waals surface area contributed by atoms with Crippen LogP contribution in [0.15, 0.2) is 22.8 Å². The lowest BCUT2D eigenvalue weighted by Gasteiger charge is -2.19. The molecule has 1 aromatic heterocycles. The fourth-order valence-corrected chi connectivity index (χ4v) is 3.78. The maximum Gasteiger partial charge on any atom is 0.316 e. The van der Waals surface area contributed by atoms with E-state index in [9.17, 15) is 9.59 Å². The largest absolute Gasteiger partial charge is 0.465 e. The quantitative estimate of drug-likeness (QED) is 0.571. The van der Waals surface area contributed by atoms with Crippen molar-refractivity contribution in [2.75, 3.05) is 18.9 Å². The SMILES string of the molecule is CCOC(=O)CSC1=N/C(=C/c2ccc(C)s2)C(=O)N1CC(C)C. The Hall–Kier alpha value is -1.60. The summed E-state index contributed by atoms with van der Waals surface area (Å²) in [5, 5.41) is 0.571. The minimum absolute atomic E-state index is 0.110. The van der Waals surface area contributed by atoms with Gasteiger partial charge < -0.3 is 4.74 Å². The van der Waals surface area contributed by atoms with Crippen LogP contribution in [0.3, 0.4) is 0 Å². The van der Waals surface area contributed by atoms with Gasteiger partial charge in [-0.15, -0.1) is 11.3 Å². The molecule has 0 fully saturated rings. The van der Waals surface area contributed by atoms with Crippen molar-refractivity contribution in [1.82, 2.24) is 4.90 Å². The van der Waals surface area contributed by atoms with Gasteiger partial charge in [0.15, 0.2) is 5.17 Å². The molecule has 0 saturated carbocycles. The standard InChI is InChI=1S/C17H22N2O3S2/c1-5-22-15(20)10-23-17-18-14(8-13-7-6-12(4)24-13)16(21)19(17)9-11(2)3/h6-8,11H,5,9-10H2,1-4H3/b14-8+. The van der Waals surface area contributed by atoms with E-state index in [1.807, 2.05) is 39.0 Å². The Labute approximate surface area is 150 Å². The number of esters is 1. The van der Waals surface area contributed by atoms with Crippen LogP contribution in [0.5, 0.6) is 0 Å². The minimum Gasteiger partial charge on any atom is -0.465 e. The van der Waals surface area contributed by atoms with Gasteiger partial charge in [0.1, 0.15) is 5.70 Å². The molecule has 7 heteroatoms. The summed E-state index contributed by atoms with van der Waals surface area (Å²) in [7, 11) is 0. The second-order valence-corrected chi connectivity index (χ2v) is 8.04. The maximum atomic E-state index is 12.7. The third kappa shape index (κ3) is 4.95. The molecule has 1 aliphatic heterocycles. The van der Waals surface area contributed by atoms with E-state index in [2.05, 4.69) is 4.99 Å². The fraction of sp³-hybridized carbons (Fsp3) is 0.471. The Balaban J connectivity index is 2.18. The summed E-state index contributed by atoms with van der Waals surface area (Å²) in [4.78, 5) is 32.5. The molecule has 0 aliphatic carbocycles. The molecule has 2 rings (SSSR count). The van der Waals surface area contributed by atoms with Crippen molar-refractivity contribution in [3.63, 3.8) is 0 Å². The summed E-state index contributed by atoms with van der Waals surface area (Å²) in [6, 6.07) is 3.99. The Kier molecular flexibility index (Phi) is 6.62. The topological polar surface area (TPSA) is 59.0 Å². The molecule has 0 atom stereocenters. The van der Waals surface area contributed by atoms with E-state index in [0.717, 1.165) is 4.88 Å². The lowest BCUT2D eigenvalue weighted by molar-refractivity contribution is -0.139. The van der Waals surface area contributed by atoms with E-state index in [1.165, 1.54) is 16.6 Å². The second kappa shape index (κ2) is 8.48. The van der Waals surface area contributed by atoms with Gasteiger partial charge in [-0.3, -0.25) is 14.5 Å². The molecule has 0 bridgehead atoms. The number of nitrogens with zero attached hydrogens (tertiary/aromatic N) is 2. The first-order valence-corrected chi connectivity index (χ1v) is 9.68. The number of thiophene rings is 1. The van der Waals surface area contributed by atoms with Crippen LogP contribution < -0.4 is 0 Å². The molecule has 1 aliphatic rings. The van der Waals surface area contributed by atoms with Crippen LogP contribution >= 0.6 is 23.1 Å². The number of hydrogen-bond donors (Lipinski definition) is 0. The first kappa shape index (κ1) is 18.7. The van der Waals surface area contributed by atoms with Crippen LogP contribution in [0.2, 0.25) is 0 Å². The highest BCUT2D eigenvalue weighted by atomic mass is 32.2. The van der Waals surface area contributed by atoms with Crippen LogP contribution in [0.25, 0.3) is 6.08 Å². The maximum absolute atomic E-state index is 12.7. The van der Waals surface area contributed by atoms with Gasteiger partial charge in [0, 0.05) is 16.3 Å². The summed E-state index contributed by atoms with van der Waals surface area (Å²) >= 11 is 2.87. The number of amides is 1. The van der Waals surface area contributed by atoms with Crippen molar-refractivity contribution in [3.05, 3.63) is 27.6 Å². The van der Waals surface area contributed by atoms with Gasteiger partial charge in [0.25, 0.3) is 5.91 Å². The normalized spacial score (nSPS) is 16.2. The van der Waals surface area contributed by atoms with Crippen molar-refractivity contribution in [3.8, 4) is 0 Å². The van der Waals surface area contributed by atoms with Crippen LogP contribution in [-0.2, 0) is 14.3 Å². The van der Waals surface area contributed by atoms with E-state index in [0.29, 0.717) is 29.9 Å². The smallest absolute Gasteiger partial charge is 0.316 e. The highest BCUT2D eigenvalue weighted by Crippen LogP contribution is 2.27. The Morgan fingerprint density at radius 2 is 2.21 bits per heavy atom. The van der Waals surface area contributed by atoms with Crippen molar-refractivity contribution in [1.29, 1.82) is 0 Å². The molecule has 0 unspecified atom stereocenters. The van der Waals surface area contributed by atoms with Crippen molar-refractivity contribution in [2.24, 2.45) is 10.9 Å². The fourth-order valence-electron chi connectivity index (χ4n) is 2.16. The van der Waals surface area contributed by atoms with Gasteiger partial charge in [-0.05, 0) is 38.0 Å². The van der Waals surface area contributed by atoms with Crippen LogP contribution in [0, 0.1) is 12.8 Å². The molecule has 2 heterocycles. The third-order valence-corrected chi connectivity index (χ3v) is 5.02. The number of carbonyl (C=O) groups is 2. The van der Waals surface area contributed by atoms with Gasteiger partial charge in [-0.25, -0.2) is 4.99 Å². The predicted octanol–water partition coefficient (Wildman–Crippen LogP) is 3.55. The van der Waals surface area contributed by atoms with Crippen LogP contribution in [0.1, 0.15) is 30.5 Å². The molecule has 0 N–H and O–H groups in total. The highest BCUT2D eigenvalue weighted by molar-refractivity contribution is 8.14. The van der Waals surface area contributed by atoms with Crippen molar-refractivity contribution >= 4 is 46.2 Å². The molecule has 0 aromatic carbocycles. The number of hydrogen-bond acceptors (Lipinski definition) is 6. The second-order valence-electron chi connectivity index (χ2n) is 5.78. The number of carbonyl (C=O) groups excluding carboxylic acids is 2. The van der Waals surface area contributed by atoms with E-state index < -0.39 is 0 Å². The van der Waals surface area contributed by atoms with Crippen LogP contribution in [0.4, 0.5) is 0 Å². The molecule has 0 saturated heterocycles. The lowest BCUT2D eigenvalue weighted by Crippen LogP contribution is -2.34. The molecule has 1 aromatic rings. The van der Waals surface area contributed by atoms with Crippen molar-refractivity contribution < 1.29 is 14.3 Å². The van der Waals surface area contributed by atoms with Gasteiger partial charge in [-0.2, -0.15) is 0 Å². The van der Waals surface area contributed by atoms with Crippen molar-refractivity contribution in [2.45, 2.75) is 27.7 Å². The zero-order chi connectivity index (χ0) is 17.7. The minimum atomic E-state index is -0.298. The van der Waals surface area contributed by atoms with E-state index >= 15 is 0 Å².